The van der Waals surface area contributed by atoms with Gasteiger partial charge in [-0.25, -0.2) is 5.01 Å². The number of allylic oxidation sites excluding steroid dienone is 1. The van der Waals surface area contributed by atoms with Crippen molar-refractivity contribution in [1.82, 2.24) is 20.9 Å². The third kappa shape index (κ3) is 1.36. The number of hydrazine groups is 2. The van der Waals surface area contributed by atoms with Crippen molar-refractivity contribution in [2.75, 3.05) is 6.00 Å². The van der Waals surface area contributed by atoms with Gasteiger partial charge >= 0.3 is 0 Å². The SMILES string of the molecule is CC1=CC(=O)N2NN(CCl)C=C2N1. The number of carbonyl (C=O) groups is 1. The zero-order chi connectivity index (χ0) is 9.42. The zero-order valence-electron chi connectivity index (χ0n) is 7.04. The topological polar surface area (TPSA) is 47.6 Å². The van der Waals surface area contributed by atoms with Crippen molar-refractivity contribution in [3.05, 3.63) is 23.8 Å². The highest BCUT2D eigenvalue weighted by molar-refractivity contribution is 6.17. The number of rotatable bonds is 1. The van der Waals surface area contributed by atoms with Crippen LogP contribution in [0.3, 0.4) is 0 Å². The van der Waals surface area contributed by atoms with Gasteiger partial charge in [-0.3, -0.25) is 9.80 Å². The second-order valence-electron chi connectivity index (χ2n) is 2.83. The van der Waals surface area contributed by atoms with Crippen LogP contribution in [0, 0.1) is 0 Å². The van der Waals surface area contributed by atoms with E-state index in [4.69, 9.17) is 11.6 Å². The zero-order valence-corrected chi connectivity index (χ0v) is 7.80. The van der Waals surface area contributed by atoms with E-state index >= 15 is 0 Å². The van der Waals surface area contributed by atoms with Crippen LogP contribution in [0.2, 0.25) is 0 Å². The summed E-state index contributed by atoms with van der Waals surface area (Å²) in [5.41, 5.74) is 3.62. The van der Waals surface area contributed by atoms with Gasteiger partial charge in [0.05, 0.1) is 6.20 Å². The number of nitrogens with zero attached hydrogens (tertiary/aromatic N) is 2. The van der Waals surface area contributed by atoms with Gasteiger partial charge in [-0.2, -0.15) is 0 Å². The molecular weight excluding hydrogens is 192 g/mol. The van der Waals surface area contributed by atoms with Gasteiger partial charge in [-0.15, -0.1) is 17.1 Å². The van der Waals surface area contributed by atoms with Crippen molar-refractivity contribution >= 4 is 17.5 Å². The monoisotopic (exact) mass is 200 g/mol. The predicted octanol–water partition coefficient (Wildman–Crippen LogP) is 0.0524. The number of hydrogen-bond acceptors (Lipinski definition) is 4. The van der Waals surface area contributed by atoms with Crippen LogP contribution in [-0.2, 0) is 4.79 Å². The first-order chi connectivity index (χ1) is 6.20. The Hall–Kier alpha value is -1.20. The van der Waals surface area contributed by atoms with Crippen LogP contribution in [0.15, 0.2) is 23.8 Å². The molecule has 2 rings (SSSR count). The molecule has 2 N–H and O–H groups in total. The Morgan fingerprint density at radius 1 is 1.62 bits per heavy atom. The number of alkyl halides is 1. The summed E-state index contributed by atoms with van der Waals surface area (Å²) in [7, 11) is 0. The highest BCUT2D eigenvalue weighted by Crippen LogP contribution is 2.15. The minimum absolute atomic E-state index is 0.102. The average molecular weight is 201 g/mol. The van der Waals surface area contributed by atoms with Gasteiger partial charge in [0.25, 0.3) is 5.91 Å². The largest absolute Gasteiger partial charge is 0.343 e. The number of hydrogen-bond donors (Lipinski definition) is 2. The summed E-state index contributed by atoms with van der Waals surface area (Å²) in [5.74, 6) is 0.598. The maximum absolute atomic E-state index is 11.4. The molecule has 0 aliphatic carbocycles. The Morgan fingerprint density at radius 3 is 3.08 bits per heavy atom. The molecule has 2 aliphatic rings. The molecule has 0 bridgehead atoms. The van der Waals surface area contributed by atoms with E-state index in [1.54, 1.807) is 11.2 Å². The quantitative estimate of drug-likeness (QED) is 0.464. The van der Waals surface area contributed by atoms with Crippen LogP contribution in [0.4, 0.5) is 0 Å². The molecule has 2 heterocycles. The molecular formula is C7H9ClN4O. The Morgan fingerprint density at radius 2 is 2.38 bits per heavy atom. The maximum atomic E-state index is 11.4. The Labute approximate surface area is 80.6 Å². The van der Waals surface area contributed by atoms with Crippen LogP contribution >= 0.6 is 11.6 Å². The number of halogens is 1. The first-order valence-electron chi connectivity index (χ1n) is 3.81. The van der Waals surface area contributed by atoms with E-state index in [9.17, 15) is 4.79 Å². The lowest BCUT2D eigenvalue weighted by atomic mass is 10.3. The molecule has 0 aromatic heterocycles. The van der Waals surface area contributed by atoms with E-state index in [2.05, 4.69) is 10.9 Å². The van der Waals surface area contributed by atoms with Crippen molar-refractivity contribution in [3.63, 3.8) is 0 Å². The third-order valence-electron chi connectivity index (χ3n) is 1.76. The van der Waals surface area contributed by atoms with E-state index in [1.165, 1.54) is 11.1 Å². The molecule has 0 aromatic carbocycles. The van der Waals surface area contributed by atoms with Crippen molar-refractivity contribution < 1.29 is 4.79 Å². The summed E-state index contributed by atoms with van der Waals surface area (Å²) >= 11 is 5.59. The lowest BCUT2D eigenvalue weighted by Crippen LogP contribution is -2.47. The molecule has 70 valence electrons. The summed E-state index contributed by atoms with van der Waals surface area (Å²) < 4.78 is 0. The molecule has 0 aromatic rings. The van der Waals surface area contributed by atoms with Gasteiger partial charge in [-0.05, 0) is 6.92 Å². The van der Waals surface area contributed by atoms with Gasteiger partial charge in [0, 0.05) is 11.8 Å². The minimum atomic E-state index is -0.102. The second-order valence-corrected chi connectivity index (χ2v) is 3.07. The van der Waals surface area contributed by atoms with Crippen molar-refractivity contribution in [1.29, 1.82) is 0 Å². The van der Waals surface area contributed by atoms with Crippen molar-refractivity contribution in [2.24, 2.45) is 0 Å². The van der Waals surface area contributed by atoms with E-state index in [1.807, 2.05) is 6.92 Å². The summed E-state index contributed by atoms with van der Waals surface area (Å²) in [4.78, 5) is 11.4. The molecule has 0 spiro atoms. The van der Waals surface area contributed by atoms with E-state index in [-0.39, 0.29) is 11.9 Å². The number of carbonyl (C=O) groups excluding carboxylic acids is 1. The smallest absolute Gasteiger partial charge is 0.269 e. The molecule has 0 unspecified atom stereocenters. The molecule has 0 fully saturated rings. The van der Waals surface area contributed by atoms with E-state index in [0.29, 0.717) is 5.82 Å². The fourth-order valence-corrected chi connectivity index (χ4v) is 1.34. The average Bonchev–Trinajstić information content (AvgIpc) is 2.47. The fourth-order valence-electron chi connectivity index (χ4n) is 1.22. The molecule has 2 aliphatic heterocycles. The Bertz CT molecular complexity index is 312. The lowest BCUT2D eigenvalue weighted by molar-refractivity contribution is -0.129. The van der Waals surface area contributed by atoms with Crippen LogP contribution < -0.4 is 10.9 Å². The molecule has 13 heavy (non-hydrogen) atoms. The van der Waals surface area contributed by atoms with Crippen molar-refractivity contribution in [2.45, 2.75) is 6.92 Å². The molecule has 1 amide bonds. The molecule has 0 saturated carbocycles. The summed E-state index contributed by atoms with van der Waals surface area (Å²) in [6.45, 7) is 1.83. The normalized spacial score (nSPS) is 20.9. The van der Waals surface area contributed by atoms with Crippen LogP contribution in [0.5, 0.6) is 0 Å². The number of fused-ring (bicyclic) bond motifs is 1. The first kappa shape index (κ1) is 8.40. The first-order valence-corrected chi connectivity index (χ1v) is 4.34. The highest BCUT2D eigenvalue weighted by atomic mass is 35.5. The maximum Gasteiger partial charge on any atom is 0.269 e. The third-order valence-corrected chi connectivity index (χ3v) is 2.02. The van der Waals surface area contributed by atoms with Crippen molar-refractivity contribution in [3.8, 4) is 0 Å². The minimum Gasteiger partial charge on any atom is -0.343 e. The van der Waals surface area contributed by atoms with E-state index < -0.39 is 0 Å². The Kier molecular flexibility index (Phi) is 1.90. The highest BCUT2D eigenvalue weighted by Gasteiger charge is 2.28. The predicted molar refractivity (Wildman–Crippen MR) is 47.5 cm³/mol. The van der Waals surface area contributed by atoms with Gasteiger partial charge in [0.15, 0.2) is 0 Å². The van der Waals surface area contributed by atoms with E-state index in [0.717, 1.165) is 5.70 Å². The molecule has 0 atom stereocenters. The van der Waals surface area contributed by atoms with Gasteiger partial charge in [-0.1, -0.05) is 0 Å². The molecule has 0 saturated heterocycles. The van der Waals surface area contributed by atoms with Gasteiger partial charge < -0.3 is 5.32 Å². The number of nitrogens with one attached hydrogen (secondary N) is 2. The standard InChI is InChI=1S/C7H9ClN4O/c1-5-2-7(13)12-6(9-5)3-11(4-8)10-12/h2-3,9-10H,4H2,1H3. The molecule has 5 nitrogen and oxygen atoms in total. The summed E-state index contributed by atoms with van der Waals surface area (Å²) in [5, 5.41) is 6.04. The lowest BCUT2D eigenvalue weighted by Gasteiger charge is -2.24. The van der Waals surface area contributed by atoms with Gasteiger partial charge in [0.1, 0.15) is 11.8 Å². The number of amides is 1. The molecule has 6 heteroatoms. The van der Waals surface area contributed by atoms with Crippen LogP contribution in [0.25, 0.3) is 0 Å². The van der Waals surface area contributed by atoms with Crippen LogP contribution in [-0.4, -0.2) is 21.9 Å². The van der Waals surface area contributed by atoms with Crippen LogP contribution in [0.1, 0.15) is 6.92 Å². The summed E-state index contributed by atoms with van der Waals surface area (Å²) in [6, 6.07) is 0.286. The second kappa shape index (κ2) is 2.93. The Balaban J connectivity index is 2.24. The molecule has 0 radical (unpaired) electrons. The van der Waals surface area contributed by atoms with Gasteiger partial charge in [0.2, 0.25) is 0 Å². The fraction of sp³-hybridized carbons (Fsp3) is 0.286. The summed E-state index contributed by atoms with van der Waals surface area (Å²) in [6.07, 6.45) is 3.25.